The molecule has 0 aliphatic carbocycles. The maximum absolute atomic E-state index is 13.1. The van der Waals surface area contributed by atoms with Gasteiger partial charge in [-0.15, -0.1) is 0 Å². The van der Waals surface area contributed by atoms with Crippen LogP contribution in [0.4, 0.5) is 4.39 Å². The summed E-state index contributed by atoms with van der Waals surface area (Å²) in [6.45, 7) is 6.07. The molecule has 0 radical (unpaired) electrons. The van der Waals surface area contributed by atoms with Gasteiger partial charge in [-0.1, -0.05) is 38.1 Å². The number of hydrogen-bond donors (Lipinski definition) is 0. The van der Waals surface area contributed by atoms with Crippen LogP contribution in [0.1, 0.15) is 53.2 Å². The fourth-order valence-corrected chi connectivity index (χ4v) is 2.24. The molecule has 0 heterocycles. The van der Waals surface area contributed by atoms with Gasteiger partial charge in [-0.25, -0.2) is 4.39 Å². The van der Waals surface area contributed by atoms with E-state index < -0.39 is 0 Å². The summed E-state index contributed by atoms with van der Waals surface area (Å²) in [4.78, 5) is 12.4. The van der Waals surface area contributed by atoms with E-state index in [-0.39, 0.29) is 11.6 Å². The molecule has 1 nitrogen and oxygen atoms in total. The maximum atomic E-state index is 13.1. The van der Waals surface area contributed by atoms with E-state index in [9.17, 15) is 9.18 Å². The minimum atomic E-state index is -0.314. The summed E-state index contributed by atoms with van der Waals surface area (Å²) in [7, 11) is 0. The van der Waals surface area contributed by atoms with Gasteiger partial charge in [0.05, 0.1) is 0 Å². The summed E-state index contributed by atoms with van der Waals surface area (Å²) in [6.07, 6.45) is 1.07. The molecule has 0 N–H and O–H groups in total. The molecule has 2 heteroatoms. The van der Waals surface area contributed by atoms with Gasteiger partial charge in [0.25, 0.3) is 0 Å². The van der Waals surface area contributed by atoms with Crippen LogP contribution in [0.2, 0.25) is 0 Å². The zero-order valence-corrected chi connectivity index (χ0v) is 12.1. The van der Waals surface area contributed by atoms with E-state index >= 15 is 0 Å². The molecule has 0 aliphatic heterocycles. The molecule has 0 fully saturated rings. The quantitative estimate of drug-likeness (QED) is 0.724. The fraction of sp³-hybridized carbons (Fsp3) is 0.278. The van der Waals surface area contributed by atoms with Crippen molar-refractivity contribution in [1.82, 2.24) is 0 Å². The molecule has 0 aromatic heterocycles. The van der Waals surface area contributed by atoms with E-state index in [1.165, 1.54) is 17.7 Å². The highest BCUT2D eigenvalue weighted by atomic mass is 19.1. The third kappa shape index (κ3) is 2.96. The largest absolute Gasteiger partial charge is 0.289 e. The minimum absolute atomic E-state index is 0.0572. The predicted octanol–water partition coefficient (Wildman–Crippen LogP) is 4.88. The number of ketones is 1. The lowest BCUT2D eigenvalue weighted by molar-refractivity contribution is 0.103. The van der Waals surface area contributed by atoms with Crippen molar-refractivity contribution in [3.63, 3.8) is 0 Å². The van der Waals surface area contributed by atoms with Crippen LogP contribution >= 0.6 is 0 Å². The van der Waals surface area contributed by atoms with Gasteiger partial charge < -0.3 is 0 Å². The van der Waals surface area contributed by atoms with Crippen LogP contribution in [-0.2, 0) is 0 Å². The number of carbonyl (C=O) groups is 1. The Morgan fingerprint density at radius 2 is 1.80 bits per heavy atom. The minimum Gasteiger partial charge on any atom is -0.289 e. The summed E-state index contributed by atoms with van der Waals surface area (Å²) in [5.74, 6) is 0.121. The van der Waals surface area contributed by atoms with Crippen LogP contribution in [0.5, 0.6) is 0 Å². The van der Waals surface area contributed by atoms with Gasteiger partial charge in [0.1, 0.15) is 5.82 Å². The fourth-order valence-electron chi connectivity index (χ4n) is 2.24. The van der Waals surface area contributed by atoms with Gasteiger partial charge in [0.2, 0.25) is 0 Å². The Morgan fingerprint density at radius 1 is 1.15 bits per heavy atom. The van der Waals surface area contributed by atoms with Crippen LogP contribution in [0.15, 0.2) is 42.5 Å². The molecule has 20 heavy (non-hydrogen) atoms. The Bertz CT molecular complexity index is 614. The van der Waals surface area contributed by atoms with E-state index in [0.29, 0.717) is 22.6 Å². The second-order valence-corrected chi connectivity index (χ2v) is 5.22. The first kappa shape index (κ1) is 14.4. The third-order valence-corrected chi connectivity index (χ3v) is 3.79. The molecule has 0 bridgehead atoms. The van der Waals surface area contributed by atoms with Gasteiger partial charge in [0.15, 0.2) is 5.78 Å². The van der Waals surface area contributed by atoms with Crippen molar-refractivity contribution < 1.29 is 9.18 Å². The van der Waals surface area contributed by atoms with Gasteiger partial charge in [0, 0.05) is 11.1 Å². The second-order valence-electron chi connectivity index (χ2n) is 5.22. The average molecular weight is 270 g/mol. The lowest BCUT2D eigenvalue weighted by atomic mass is 9.94. The first-order valence-electron chi connectivity index (χ1n) is 6.93. The summed E-state index contributed by atoms with van der Waals surface area (Å²) in [6, 6.07) is 12.0. The van der Waals surface area contributed by atoms with Crippen molar-refractivity contribution in [3.05, 3.63) is 70.5 Å². The molecule has 1 unspecified atom stereocenters. The van der Waals surface area contributed by atoms with E-state index in [1.807, 2.05) is 24.3 Å². The van der Waals surface area contributed by atoms with Crippen LogP contribution in [0, 0.1) is 12.7 Å². The molecule has 0 saturated carbocycles. The molecular formula is C18H19FO. The van der Waals surface area contributed by atoms with Crippen LogP contribution < -0.4 is 0 Å². The highest BCUT2D eigenvalue weighted by molar-refractivity contribution is 6.09. The SMILES string of the molecule is CCC(C)c1ccc(C(=O)c2ccc(F)cc2C)cc1. The predicted molar refractivity (Wildman–Crippen MR) is 79.7 cm³/mol. The second kappa shape index (κ2) is 6.00. The molecule has 0 aliphatic rings. The van der Waals surface area contributed by atoms with Crippen molar-refractivity contribution in [2.75, 3.05) is 0 Å². The molecule has 104 valence electrons. The lowest BCUT2D eigenvalue weighted by Gasteiger charge is -2.10. The van der Waals surface area contributed by atoms with E-state index in [1.54, 1.807) is 13.0 Å². The van der Waals surface area contributed by atoms with Gasteiger partial charge in [-0.05, 0) is 48.6 Å². The molecule has 0 saturated heterocycles. The topological polar surface area (TPSA) is 17.1 Å². The normalized spacial score (nSPS) is 12.2. The van der Waals surface area contributed by atoms with E-state index in [4.69, 9.17) is 0 Å². The van der Waals surface area contributed by atoms with Crippen LogP contribution in [0.25, 0.3) is 0 Å². The molecular weight excluding hydrogens is 251 g/mol. The zero-order chi connectivity index (χ0) is 14.7. The maximum Gasteiger partial charge on any atom is 0.193 e. The van der Waals surface area contributed by atoms with E-state index in [2.05, 4.69) is 13.8 Å². The summed E-state index contributed by atoms with van der Waals surface area (Å²) >= 11 is 0. The Hall–Kier alpha value is -1.96. The molecule has 1 atom stereocenters. The number of halogens is 1. The lowest BCUT2D eigenvalue weighted by Crippen LogP contribution is -2.04. The molecule has 2 aromatic carbocycles. The first-order valence-corrected chi connectivity index (χ1v) is 6.93. The van der Waals surface area contributed by atoms with Crippen molar-refractivity contribution in [2.24, 2.45) is 0 Å². The number of carbonyl (C=O) groups excluding carboxylic acids is 1. The van der Waals surface area contributed by atoms with Crippen molar-refractivity contribution in [1.29, 1.82) is 0 Å². The highest BCUT2D eigenvalue weighted by Gasteiger charge is 2.12. The van der Waals surface area contributed by atoms with Crippen LogP contribution in [0.3, 0.4) is 0 Å². The Morgan fingerprint density at radius 3 is 2.35 bits per heavy atom. The van der Waals surface area contributed by atoms with Crippen molar-refractivity contribution >= 4 is 5.78 Å². The third-order valence-electron chi connectivity index (χ3n) is 3.79. The van der Waals surface area contributed by atoms with Gasteiger partial charge in [-0.2, -0.15) is 0 Å². The Labute approximate surface area is 119 Å². The van der Waals surface area contributed by atoms with Crippen molar-refractivity contribution in [3.8, 4) is 0 Å². The van der Waals surface area contributed by atoms with Gasteiger partial charge >= 0.3 is 0 Å². The smallest absolute Gasteiger partial charge is 0.193 e. The summed E-state index contributed by atoms with van der Waals surface area (Å²) in [5, 5.41) is 0. The standard InChI is InChI=1S/C18H19FO/c1-4-12(2)14-5-7-15(8-6-14)18(20)17-10-9-16(19)11-13(17)3/h5-12H,4H2,1-3H3. The summed E-state index contributed by atoms with van der Waals surface area (Å²) < 4.78 is 13.1. The Kier molecular flexibility index (Phi) is 4.33. The summed E-state index contributed by atoms with van der Waals surface area (Å²) in [5.41, 5.74) is 3.11. The number of rotatable bonds is 4. The number of aryl methyl sites for hydroxylation is 1. The molecule has 0 spiro atoms. The monoisotopic (exact) mass is 270 g/mol. The number of hydrogen-bond acceptors (Lipinski definition) is 1. The highest BCUT2D eigenvalue weighted by Crippen LogP contribution is 2.21. The zero-order valence-electron chi connectivity index (χ0n) is 12.1. The van der Waals surface area contributed by atoms with E-state index in [0.717, 1.165) is 6.42 Å². The average Bonchev–Trinajstić information content (AvgIpc) is 2.46. The molecule has 2 rings (SSSR count). The Balaban J connectivity index is 2.29. The first-order chi connectivity index (χ1) is 9.52. The van der Waals surface area contributed by atoms with Crippen molar-refractivity contribution in [2.45, 2.75) is 33.1 Å². The van der Waals surface area contributed by atoms with Gasteiger partial charge in [-0.3, -0.25) is 4.79 Å². The molecule has 2 aromatic rings. The van der Waals surface area contributed by atoms with Crippen LogP contribution in [-0.4, -0.2) is 5.78 Å². The number of benzene rings is 2. The molecule has 0 amide bonds.